The first kappa shape index (κ1) is 60.8. The molecule has 0 bridgehead atoms. The highest BCUT2D eigenvalue weighted by molar-refractivity contribution is 7.47. The summed E-state index contributed by atoms with van der Waals surface area (Å²) in [5, 5.41) is 0. The lowest BCUT2D eigenvalue weighted by Crippen LogP contribution is -2.29. The van der Waals surface area contributed by atoms with Crippen molar-refractivity contribution in [1.82, 2.24) is 0 Å². The van der Waals surface area contributed by atoms with Gasteiger partial charge in [0.15, 0.2) is 6.10 Å². The summed E-state index contributed by atoms with van der Waals surface area (Å²) in [4.78, 5) is 35.1. The van der Waals surface area contributed by atoms with Crippen LogP contribution >= 0.6 is 7.82 Å². The maximum Gasteiger partial charge on any atom is 0.472 e. The Labute approximate surface area is 383 Å². The van der Waals surface area contributed by atoms with Crippen molar-refractivity contribution in [1.29, 1.82) is 0 Å². The molecule has 62 heavy (non-hydrogen) atoms. The molecule has 0 aliphatic carbocycles. The summed E-state index contributed by atoms with van der Waals surface area (Å²) >= 11 is 0. The number of esters is 2. The van der Waals surface area contributed by atoms with Crippen molar-refractivity contribution in [3.05, 3.63) is 12.2 Å². The largest absolute Gasteiger partial charge is 0.472 e. The van der Waals surface area contributed by atoms with Crippen molar-refractivity contribution in [3.8, 4) is 0 Å². The van der Waals surface area contributed by atoms with Gasteiger partial charge in [0, 0.05) is 19.4 Å². The number of rotatable bonds is 51. The molecule has 0 amide bonds. The lowest BCUT2D eigenvalue weighted by molar-refractivity contribution is -0.161. The van der Waals surface area contributed by atoms with E-state index in [1.807, 2.05) is 0 Å². The summed E-state index contributed by atoms with van der Waals surface area (Å²) < 4.78 is 32.9. The lowest BCUT2D eigenvalue weighted by atomic mass is 10.0. The molecule has 0 aliphatic rings. The van der Waals surface area contributed by atoms with Gasteiger partial charge in [0.25, 0.3) is 0 Å². The van der Waals surface area contributed by atoms with Crippen LogP contribution in [0.4, 0.5) is 0 Å². The minimum atomic E-state index is -4.38. The third-order valence-electron chi connectivity index (χ3n) is 11.9. The molecule has 0 aliphatic heterocycles. The third-order valence-corrected chi connectivity index (χ3v) is 12.9. The van der Waals surface area contributed by atoms with Crippen LogP contribution in [0.15, 0.2) is 12.2 Å². The SMILES string of the molecule is CCCCCCCC/C=C\CCCCCCCCCC(=O)OC(COC(=O)CCCCCCCCCCCCCCCCCCCCCCCCCC)COP(=O)(O)OCCN. The van der Waals surface area contributed by atoms with Gasteiger partial charge in [-0.05, 0) is 38.5 Å². The molecule has 0 rings (SSSR count). The summed E-state index contributed by atoms with van der Waals surface area (Å²) in [6, 6.07) is 0. The van der Waals surface area contributed by atoms with Crippen LogP contribution in [0.2, 0.25) is 0 Å². The Bertz CT molecular complexity index is 1030. The summed E-state index contributed by atoms with van der Waals surface area (Å²) in [5.41, 5.74) is 5.37. The van der Waals surface area contributed by atoms with E-state index >= 15 is 0 Å². The second-order valence-corrected chi connectivity index (χ2v) is 19.6. The predicted octanol–water partition coefficient (Wildman–Crippen LogP) is 16.1. The molecule has 0 aromatic heterocycles. The zero-order valence-corrected chi connectivity index (χ0v) is 41.8. The van der Waals surface area contributed by atoms with Crippen LogP contribution in [-0.2, 0) is 32.7 Å². The van der Waals surface area contributed by atoms with Gasteiger partial charge in [0.05, 0.1) is 13.2 Å². The zero-order chi connectivity index (χ0) is 45.3. The van der Waals surface area contributed by atoms with Gasteiger partial charge in [-0.1, -0.05) is 238 Å². The molecule has 3 N–H and O–H groups in total. The van der Waals surface area contributed by atoms with Gasteiger partial charge in [-0.15, -0.1) is 0 Å². The molecule has 0 saturated heterocycles. The van der Waals surface area contributed by atoms with Crippen molar-refractivity contribution < 1.29 is 37.6 Å². The minimum Gasteiger partial charge on any atom is -0.462 e. The number of phosphoric acid groups is 1. The molecular formula is C52H102NO8P. The first-order chi connectivity index (χ1) is 30.3. The first-order valence-corrected chi connectivity index (χ1v) is 28.2. The van der Waals surface area contributed by atoms with Gasteiger partial charge in [-0.25, -0.2) is 4.57 Å². The number of unbranched alkanes of at least 4 members (excludes halogenated alkanes) is 36. The molecule has 0 spiro atoms. The van der Waals surface area contributed by atoms with Gasteiger partial charge in [-0.3, -0.25) is 18.6 Å². The van der Waals surface area contributed by atoms with E-state index in [-0.39, 0.29) is 38.6 Å². The fraction of sp³-hybridized carbons (Fsp3) is 0.923. The van der Waals surface area contributed by atoms with E-state index in [1.54, 1.807) is 0 Å². The Morgan fingerprint density at radius 2 is 0.790 bits per heavy atom. The molecule has 0 radical (unpaired) electrons. The molecule has 0 aromatic rings. The molecule has 2 unspecified atom stereocenters. The van der Waals surface area contributed by atoms with E-state index in [2.05, 4.69) is 26.0 Å². The van der Waals surface area contributed by atoms with Crippen LogP contribution in [0.1, 0.15) is 277 Å². The maximum absolute atomic E-state index is 12.6. The Kier molecular flexibility index (Phi) is 48.2. The average Bonchev–Trinajstić information content (AvgIpc) is 3.26. The van der Waals surface area contributed by atoms with Crippen LogP contribution in [0.25, 0.3) is 0 Å². The van der Waals surface area contributed by atoms with Gasteiger partial charge < -0.3 is 20.1 Å². The molecule has 0 fully saturated rings. The Morgan fingerprint density at radius 3 is 1.15 bits per heavy atom. The number of hydrogen-bond acceptors (Lipinski definition) is 8. The van der Waals surface area contributed by atoms with E-state index in [0.29, 0.717) is 6.42 Å². The smallest absolute Gasteiger partial charge is 0.462 e. The van der Waals surface area contributed by atoms with Gasteiger partial charge in [0.1, 0.15) is 6.61 Å². The summed E-state index contributed by atoms with van der Waals surface area (Å²) in [5.74, 6) is -0.816. The number of carbonyl (C=O) groups is 2. The zero-order valence-electron chi connectivity index (χ0n) is 40.9. The van der Waals surface area contributed by atoms with Gasteiger partial charge in [0.2, 0.25) is 0 Å². The summed E-state index contributed by atoms with van der Waals surface area (Å²) in [6.07, 6.45) is 54.0. The van der Waals surface area contributed by atoms with Crippen molar-refractivity contribution in [2.75, 3.05) is 26.4 Å². The number of carbonyl (C=O) groups excluding carboxylic acids is 2. The number of allylic oxidation sites excluding steroid dienone is 2. The molecule has 368 valence electrons. The van der Waals surface area contributed by atoms with E-state index in [0.717, 1.165) is 44.9 Å². The molecule has 2 atom stereocenters. The molecule has 0 aromatic carbocycles. The second kappa shape index (κ2) is 49.2. The number of hydrogen-bond donors (Lipinski definition) is 2. The van der Waals surface area contributed by atoms with E-state index < -0.39 is 26.5 Å². The molecule has 0 saturated carbocycles. The van der Waals surface area contributed by atoms with Gasteiger partial charge in [-0.2, -0.15) is 0 Å². The van der Waals surface area contributed by atoms with Crippen molar-refractivity contribution in [3.63, 3.8) is 0 Å². The monoisotopic (exact) mass is 900 g/mol. The number of ether oxygens (including phenoxy) is 2. The van der Waals surface area contributed by atoms with E-state index in [4.69, 9.17) is 24.3 Å². The van der Waals surface area contributed by atoms with Crippen LogP contribution in [0, 0.1) is 0 Å². The summed E-state index contributed by atoms with van der Waals surface area (Å²) in [6.45, 7) is 3.78. The summed E-state index contributed by atoms with van der Waals surface area (Å²) in [7, 11) is -4.38. The maximum atomic E-state index is 12.6. The highest BCUT2D eigenvalue weighted by atomic mass is 31.2. The number of nitrogens with two attached hydrogens (primary N) is 1. The van der Waals surface area contributed by atoms with Crippen molar-refractivity contribution in [2.24, 2.45) is 5.73 Å². The number of phosphoric ester groups is 1. The quantitative estimate of drug-likeness (QED) is 0.0265. The fourth-order valence-electron chi connectivity index (χ4n) is 7.93. The average molecular weight is 900 g/mol. The van der Waals surface area contributed by atoms with Crippen LogP contribution in [0.3, 0.4) is 0 Å². The minimum absolute atomic E-state index is 0.0558. The van der Waals surface area contributed by atoms with Crippen LogP contribution in [0.5, 0.6) is 0 Å². The molecule has 0 heterocycles. The first-order valence-electron chi connectivity index (χ1n) is 26.7. The van der Waals surface area contributed by atoms with Gasteiger partial charge >= 0.3 is 19.8 Å². The van der Waals surface area contributed by atoms with Crippen molar-refractivity contribution in [2.45, 2.75) is 283 Å². The topological polar surface area (TPSA) is 134 Å². The second-order valence-electron chi connectivity index (χ2n) is 18.1. The van der Waals surface area contributed by atoms with E-state index in [9.17, 15) is 19.0 Å². The van der Waals surface area contributed by atoms with Crippen molar-refractivity contribution >= 4 is 19.8 Å². The van der Waals surface area contributed by atoms with Crippen LogP contribution in [-0.4, -0.2) is 49.3 Å². The standard InChI is InChI=1S/C52H102NO8P/c1-3-5-7-9-11-13-15-17-19-21-22-23-24-25-26-27-29-30-32-34-36-38-40-42-44-51(54)58-48-50(49-60-62(56,57)59-47-46-53)61-52(55)45-43-41-39-37-35-33-31-28-20-18-16-14-12-10-8-6-4-2/h18,20,50H,3-17,19,21-49,53H2,1-2H3,(H,56,57)/b20-18-. The Hall–Kier alpha value is -1.25. The Balaban J connectivity index is 3.95. The molecule has 9 nitrogen and oxygen atoms in total. The molecule has 10 heteroatoms. The molecular weight excluding hydrogens is 798 g/mol. The van der Waals surface area contributed by atoms with Crippen LogP contribution < -0.4 is 5.73 Å². The fourth-order valence-corrected chi connectivity index (χ4v) is 8.69. The van der Waals surface area contributed by atoms with E-state index in [1.165, 1.54) is 199 Å². The highest BCUT2D eigenvalue weighted by Crippen LogP contribution is 2.43. The third kappa shape index (κ3) is 48.2. The normalized spacial score (nSPS) is 13.2. The highest BCUT2D eigenvalue weighted by Gasteiger charge is 2.26. The lowest BCUT2D eigenvalue weighted by Gasteiger charge is -2.19. The predicted molar refractivity (Wildman–Crippen MR) is 261 cm³/mol. The Morgan fingerprint density at radius 1 is 0.468 bits per heavy atom.